The number of likely N-dealkylation sites (N-methyl/N-ethyl adjacent to an activating group) is 1. The molecule has 0 aromatic heterocycles. The zero-order valence-corrected chi connectivity index (χ0v) is 19.0. The van der Waals surface area contributed by atoms with Crippen molar-refractivity contribution < 1.29 is 9.59 Å². The van der Waals surface area contributed by atoms with Crippen LogP contribution in [0.3, 0.4) is 0 Å². The molecule has 0 unspecified atom stereocenters. The Morgan fingerprint density at radius 1 is 1.03 bits per heavy atom. The Hall–Kier alpha value is -1.69. The van der Waals surface area contributed by atoms with E-state index in [0.717, 1.165) is 11.1 Å². The van der Waals surface area contributed by atoms with E-state index in [4.69, 9.17) is 23.2 Å². The quantitative estimate of drug-likeness (QED) is 0.540. The number of benzene rings is 2. The van der Waals surface area contributed by atoms with Gasteiger partial charge in [-0.2, -0.15) is 0 Å². The summed E-state index contributed by atoms with van der Waals surface area (Å²) in [5.41, 5.74) is 2.00. The molecule has 0 radical (unpaired) electrons. The van der Waals surface area contributed by atoms with Crippen molar-refractivity contribution in [1.82, 2.24) is 10.2 Å². The number of thioether (sulfide) groups is 1. The zero-order chi connectivity index (χ0) is 21.2. The lowest BCUT2D eigenvalue weighted by molar-refractivity contribution is -0.139. The van der Waals surface area contributed by atoms with Crippen molar-refractivity contribution >= 4 is 46.8 Å². The van der Waals surface area contributed by atoms with Crippen molar-refractivity contribution in [3.05, 3.63) is 69.7 Å². The number of nitrogens with zero attached hydrogens (tertiary/aromatic N) is 1. The molecule has 7 heteroatoms. The van der Waals surface area contributed by atoms with Crippen LogP contribution < -0.4 is 5.32 Å². The van der Waals surface area contributed by atoms with Crippen LogP contribution in [0.25, 0.3) is 0 Å². The Labute approximate surface area is 187 Å². The van der Waals surface area contributed by atoms with E-state index < -0.39 is 6.04 Å². The number of carbonyl (C=O) groups excluding carboxylic acids is 2. The van der Waals surface area contributed by atoms with E-state index in [1.54, 1.807) is 11.0 Å². The van der Waals surface area contributed by atoms with Gasteiger partial charge in [-0.25, -0.2) is 0 Å². The summed E-state index contributed by atoms with van der Waals surface area (Å²) in [6, 6.07) is 14.7. The standard InChI is InChI=1S/C22H26Cl2N2O2S/c1-3-20(22(28)25-4-2)26(13-16-8-6-5-7-9-16)21(27)15-29-14-17-10-11-18(23)19(24)12-17/h5-12,20H,3-4,13-15H2,1-2H3,(H,25,28)/t20-/m1/s1. The third kappa shape index (κ3) is 7.25. The van der Waals surface area contributed by atoms with Gasteiger partial charge in [0, 0.05) is 18.8 Å². The van der Waals surface area contributed by atoms with Gasteiger partial charge in [0.2, 0.25) is 11.8 Å². The summed E-state index contributed by atoms with van der Waals surface area (Å²) in [5.74, 6) is 0.744. The van der Waals surface area contributed by atoms with Gasteiger partial charge in [0.15, 0.2) is 0 Å². The van der Waals surface area contributed by atoms with Crippen LogP contribution in [-0.4, -0.2) is 35.1 Å². The van der Waals surface area contributed by atoms with Crippen molar-refractivity contribution in [3.8, 4) is 0 Å². The van der Waals surface area contributed by atoms with Crippen LogP contribution in [0, 0.1) is 0 Å². The van der Waals surface area contributed by atoms with Gasteiger partial charge in [-0.3, -0.25) is 9.59 Å². The molecule has 2 aromatic carbocycles. The number of carbonyl (C=O) groups is 2. The third-order valence-corrected chi connectivity index (χ3v) is 6.14. The first-order valence-electron chi connectivity index (χ1n) is 9.59. The van der Waals surface area contributed by atoms with Crippen molar-refractivity contribution in [1.29, 1.82) is 0 Å². The molecule has 2 rings (SSSR count). The Balaban J connectivity index is 2.08. The topological polar surface area (TPSA) is 49.4 Å². The second-order valence-corrected chi connectivity index (χ2v) is 8.37. The zero-order valence-electron chi connectivity index (χ0n) is 16.7. The van der Waals surface area contributed by atoms with Gasteiger partial charge in [0.25, 0.3) is 0 Å². The number of nitrogens with one attached hydrogen (secondary N) is 1. The van der Waals surface area contributed by atoms with E-state index in [-0.39, 0.29) is 17.6 Å². The van der Waals surface area contributed by atoms with E-state index in [0.29, 0.717) is 35.3 Å². The third-order valence-electron chi connectivity index (χ3n) is 4.41. The number of hydrogen-bond donors (Lipinski definition) is 1. The van der Waals surface area contributed by atoms with Crippen LogP contribution in [-0.2, 0) is 21.9 Å². The van der Waals surface area contributed by atoms with Gasteiger partial charge in [-0.1, -0.05) is 66.5 Å². The van der Waals surface area contributed by atoms with Gasteiger partial charge in [-0.15, -0.1) is 11.8 Å². The minimum absolute atomic E-state index is 0.0583. The highest BCUT2D eigenvalue weighted by atomic mass is 35.5. The summed E-state index contributed by atoms with van der Waals surface area (Å²) in [6.07, 6.45) is 0.557. The first kappa shape index (κ1) is 23.6. The maximum absolute atomic E-state index is 13.0. The average Bonchev–Trinajstić information content (AvgIpc) is 2.71. The largest absolute Gasteiger partial charge is 0.355 e. The molecule has 0 fully saturated rings. The predicted octanol–water partition coefficient (Wildman–Crippen LogP) is 5.17. The Kier molecular flexibility index (Phi) is 9.85. The molecule has 2 aromatic rings. The first-order valence-corrected chi connectivity index (χ1v) is 11.5. The fraction of sp³-hybridized carbons (Fsp3) is 0.364. The molecule has 0 aliphatic heterocycles. The molecule has 0 spiro atoms. The molecule has 29 heavy (non-hydrogen) atoms. The minimum atomic E-state index is -0.492. The normalized spacial score (nSPS) is 11.7. The van der Waals surface area contributed by atoms with Crippen LogP contribution in [0.5, 0.6) is 0 Å². The van der Waals surface area contributed by atoms with E-state index in [1.165, 1.54) is 11.8 Å². The molecule has 2 amide bonds. The maximum Gasteiger partial charge on any atom is 0.242 e. The van der Waals surface area contributed by atoms with Crippen LogP contribution in [0.15, 0.2) is 48.5 Å². The molecule has 0 saturated carbocycles. The molecular weight excluding hydrogens is 427 g/mol. The first-order chi connectivity index (χ1) is 14.0. The van der Waals surface area contributed by atoms with Crippen molar-refractivity contribution in [2.75, 3.05) is 12.3 Å². The monoisotopic (exact) mass is 452 g/mol. The summed E-state index contributed by atoms with van der Waals surface area (Å²) in [6.45, 7) is 4.74. The molecule has 156 valence electrons. The van der Waals surface area contributed by atoms with Gasteiger partial charge in [-0.05, 0) is 36.6 Å². The SMILES string of the molecule is CCNC(=O)[C@@H](CC)N(Cc1ccccc1)C(=O)CSCc1ccc(Cl)c(Cl)c1. The molecule has 0 saturated heterocycles. The highest BCUT2D eigenvalue weighted by Crippen LogP contribution is 2.25. The number of halogens is 2. The lowest BCUT2D eigenvalue weighted by Crippen LogP contribution is -2.49. The summed E-state index contributed by atoms with van der Waals surface area (Å²) in [5, 5.41) is 3.86. The molecule has 0 aliphatic carbocycles. The van der Waals surface area contributed by atoms with Gasteiger partial charge in [0.1, 0.15) is 6.04 Å². The van der Waals surface area contributed by atoms with Crippen molar-refractivity contribution in [2.45, 2.75) is 38.6 Å². The highest BCUT2D eigenvalue weighted by molar-refractivity contribution is 7.99. The van der Waals surface area contributed by atoms with E-state index >= 15 is 0 Å². The van der Waals surface area contributed by atoms with Crippen LogP contribution >= 0.6 is 35.0 Å². The highest BCUT2D eigenvalue weighted by Gasteiger charge is 2.28. The summed E-state index contributed by atoms with van der Waals surface area (Å²) in [4.78, 5) is 27.3. The summed E-state index contributed by atoms with van der Waals surface area (Å²) >= 11 is 13.5. The Morgan fingerprint density at radius 2 is 1.76 bits per heavy atom. The molecule has 0 aliphatic rings. The Morgan fingerprint density at radius 3 is 2.38 bits per heavy atom. The lowest BCUT2D eigenvalue weighted by atomic mass is 10.1. The van der Waals surface area contributed by atoms with Crippen molar-refractivity contribution in [3.63, 3.8) is 0 Å². The molecular formula is C22H26Cl2N2O2S. The van der Waals surface area contributed by atoms with E-state index in [2.05, 4.69) is 5.32 Å². The summed E-state index contributed by atoms with van der Waals surface area (Å²) in [7, 11) is 0. The molecule has 1 N–H and O–H groups in total. The number of amides is 2. The second kappa shape index (κ2) is 12.1. The maximum atomic E-state index is 13.0. The lowest BCUT2D eigenvalue weighted by Gasteiger charge is -2.30. The molecule has 1 atom stereocenters. The van der Waals surface area contributed by atoms with Crippen LogP contribution in [0.2, 0.25) is 10.0 Å². The minimum Gasteiger partial charge on any atom is -0.355 e. The van der Waals surface area contributed by atoms with Gasteiger partial charge < -0.3 is 10.2 Å². The number of hydrogen-bond acceptors (Lipinski definition) is 3. The smallest absolute Gasteiger partial charge is 0.242 e. The Bertz CT molecular complexity index is 818. The van der Waals surface area contributed by atoms with E-state index in [1.807, 2.05) is 56.3 Å². The van der Waals surface area contributed by atoms with Crippen molar-refractivity contribution in [2.24, 2.45) is 0 Å². The van der Waals surface area contributed by atoms with E-state index in [9.17, 15) is 9.59 Å². The predicted molar refractivity (Wildman–Crippen MR) is 122 cm³/mol. The van der Waals surface area contributed by atoms with Crippen LogP contribution in [0.1, 0.15) is 31.4 Å². The molecule has 0 bridgehead atoms. The van der Waals surface area contributed by atoms with Crippen LogP contribution in [0.4, 0.5) is 0 Å². The average molecular weight is 453 g/mol. The second-order valence-electron chi connectivity index (χ2n) is 6.57. The molecule has 4 nitrogen and oxygen atoms in total. The summed E-state index contributed by atoms with van der Waals surface area (Å²) < 4.78 is 0. The fourth-order valence-electron chi connectivity index (χ4n) is 2.96. The van der Waals surface area contributed by atoms with Gasteiger partial charge >= 0.3 is 0 Å². The van der Waals surface area contributed by atoms with Gasteiger partial charge in [0.05, 0.1) is 15.8 Å². The fourth-order valence-corrected chi connectivity index (χ4v) is 4.14. The molecule has 0 heterocycles. The number of rotatable bonds is 10.